The number of benzene rings is 2. The number of carbonyl (C=O) groups is 4. The van der Waals surface area contributed by atoms with E-state index >= 15 is 0 Å². The third-order valence-electron chi connectivity index (χ3n) is 5.29. The second-order valence-corrected chi connectivity index (χ2v) is 8.24. The lowest BCUT2D eigenvalue weighted by atomic mass is 10.1. The molecule has 2 aromatic carbocycles. The van der Waals surface area contributed by atoms with E-state index in [9.17, 15) is 24.3 Å². The van der Waals surface area contributed by atoms with Crippen molar-refractivity contribution in [2.24, 2.45) is 5.73 Å². The Bertz CT molecular complexity index is 1240. The first-order valence-electron chi connectivity index (χ1n) is 11.3. The fourth-order valence-corrected chi connectivity index (χ4v) is 3.75. The third-order valence-corrected chi connectivity index (χ3v) is 5.53. The summed E-state index contributed by atoms with van der Waals surface area (Å²) in [5.41, 5.74) is 7.20. The Hall–Kier alpha value is -4.19. The molecule has 0 saturated heterocycles. The lowest BCUT2D eigenvalue weighted by molar-refractivity contribution is -0.146. The zero-order valence-corrected chi connectivity index (χ0v) is 21.1. The number of esters is 2. The maximum atomic E-state index is 13.1. The number of amides is 1. The van der Waals surface area contributed by atoms with Crippen molar-refractivity contribution in [1.82, 2.24) is 4.90 Å². The van der Waals surface area contributed by atoms with E-state index < -0.39 is 36.7 Å². The minimum absolute atomic E-state index is 0.0960. The van der Waals surface area contributed by atoms with Gasteiger partial charge >= 0.3 is 11.9 Å². The van der Waals surface area contributed by atoms with Crippen LogP contribution in [0.3, 0.4) is 0 Å². The van der Waals surface area contributed by atoms with E-state index in [-0.39, 0.29) is 54.3 Å². The molecule has 0 bridgehead atoms. The standard InChI is InChI=1S/C25H26N2O9S/c1-3-33-20(29)12-35-19-8-7-17(22(31)23(19)36-13-21(30)34-4-2)18(28)11-27-10-15-9-14(24(26)37)5-6-16(15)25(27)32/h5-9,31H,3-4,10-13H2,1-2H3,(H2,26,37). The van der Waals surface area contributed by atoms with Gasteiger partial charge in [-0.3, -0.25) is 9.59 Å². The molecule has 37 heavy (non-hydrogen) atoms. The fourth-order valence-electron chi connectivity index (χ4n) is 3.62. The molecule has 12 heteroatoms. The van der Waals surface area contributed by atoms with Crippen molar-refractivity contribution in [2.75, 3.05) is 33.0 Å². The van der Waals surface area contributed by atoms with Gasteiger partial charge in [-0.2, -0.15) is 0 Å². The van der Waals surface area contributed by atoms with Gasteiger partial charge in [-0.25, -0.2) is 9.59 Å². The first kappa shape index (κ1) is 27.4. The van der Waals surface area contributed by atoms with Crippen LogP contribution in [0.15, 0.2) is 30.3 Å². The lowest BCUT2D eigenvalue weighted by Crippen LogP contribution is -2.30. The molecule has 3 N–H and O–H groups in total. The molecular weight excluding hydrogens is 504 g/mol. The normalized spacial score (nSPS) is 12.1. The number of phenols is 1. The summed E-state index contributed by atoms with van der Waals surface area (Å²) in [5.74, 6) is -3.37. The molecule has 0 atom stereocenters. The minimum Gasteiger partial charge on any atom is -0.504 e. The lowest BCUT2D eigenvalue weighted by Gasteiger charge is -2.18. The van der Waals surface area contributed by atoms with Gasteiger partial charge < -0.3 is 34.7 Å². The highest BCUT2D eigenvalue weighted by atomic mass is 32.1. The average Bonchev–Trinajstić information content (AvgIpc) is 3.16. The van der Waals surface area contributed by atoms with E-state index in [4.69, 9.17) is 36.9 Å². The molecule has 196 valence electrons. The molecule has 11 nitrogen and oxygen atoms in total. The molecule has 0 radical (unpaired) electrons. The number of carbonyl (C=O) groups excluding carboxylic acids is 4. The molecule has 1 amide bonds. The summed E-state index contributed by atoms with van der Waals surface area (Å²) in [6.07, 6.45) is 0. The van der Waals surface area contributed by atoms with Crippen LogP contribution in [0.5, 0.6) is 17.2 Å². The molecule has 1 aliphatic heterocycles. The van der Waals surface area contributed by atoms with Crippen molar-refractivity contribution in [1.29, 1.82) is 0 Å². The van der Waals surface area contributed by atoms with Gasteiger partial charge in [-0.05, 0) is 43.7 Å². The number of phenolic OH excluding ortho intramolecular Hbond substituents is 1. The van der Waals surface area contributed by atoms with Gasteiger partial charge in [-0.1, -0.05) is 18.3 Å². The third kappa shape index (κ3) is 6.53. The number of nitrogens with zero attached hydrogens (tertiary/aromatic N) is 1. The molecule has 3 rings (SSSR count). The fraction of sp³-hybridized carbons (Fsp3) is 0.320. The van der Waals surface area contributed by atoms with E-state index in [1.54, 1.807) is 32.0 Å². The Morgan fingerprint density at radius 3 is 2.30 bits per heavy atom. The van der Waals surface area contributed by atoms with Crippen LogP contribution in [0, 0.1) is 0 Å². The van der Waals surface area contributed by atoms with Crippen LogP contribution < -0.4 is 15.2 Å². The molecule has 0 fully saturated rings. The van der Waals surface area contributed by atoms with Crippen molar-refractivity contribution in [3.05, 3.63) is 52.6 Å². The predicted molar refractivity (Wildman–Crippen MR) is 134 cm³/mol. The van der Waals surface area contributed by atoms with Gasteiger partial charge in [0.15, 0.2) is 30.5 Å². The highest BCUT2D eigenvalue weighted by Crippen LogP contribution is 2.40. The maximum Gasteiger partial charge on any atom is 0.344 e. The second kappa shape index (κ2) is 12.2. The smallest absolute Gasteiger partial charge is 0.344 e. The van der Waals surface area contributed by atoms with Gasteiger partial charge in [0, 0.05) is 17.7 Å². The van der Waals surface area contributed by atoms with Crippen LogP contribution in [0.1, 0.15) is 45.7 Å². The van der Waals surface area contributed by atoms with E-state index in [0.29, 0.717) is 16.7 Å². The summed E-state index contributed by atoms with van der Waals surface area (Å²) in [4.78, 5) is 50.9. The SMILES string of the molecule is CCOC(=O)COc1ccc(C(=O)CN2Cc3cc(C(N)=S)ccc3C2=O)c(O)c1OCC(=O)OCC. The van der Waals surface area contributed by atoms with Crippen molar-refractivity contribution < 1.29 is 43.2 Å². The number of aromatic hydroxyl groups is 1. The van der Waals surface area contributed by atoms with Crippen molar-refractivity contribution in [2.45, 2.75) is 20.4 Å². The maximum absolute atomic E-state index is 13.1. The number of Topliss-reactive ketones (excluding diaryl/α,β-unsaturated/α-hetero) is 1. The number of fused-ring (bicyclic) bond motifs is 1. The number of thiocarbonyl (C=S) groups is 1. The zero-order valence-electron chi connectivity index (χ0n) is 20.3. The van der Waals surface area contributed by atoms with Crippen molar-refractivity contribution >= 4 is 40.8 Å². The Balaban J connectivity index is 1.81. The van der Waals surface area contributed by atoms with E-state index in [0.717, 1.165) is 0 Å². The minimum atomic E-state index is -0.716. The van der Waals surface area contributed by atoms with E-state index in [2.05, 4.69) is 0 Å². The summed E-state index contributed by atoms with van der Waals surface area (Å²) in [7, 11) is 0. The molecule has 0 aromatic heterocycles. The number of hydrogen-bond acceptors (Lipinski definition) is 10. The van der Waals surface area contributed by atoms with Crippen LogP contribution in [0.25, 0.3) is 0 Å². The summed E-state index contributed by atoms with van der Waals surface area (Å²) < 4.78 is 20.4. The summed E-state index contributed by atoms with van der Waals surface area (Å²) in [6, 6.07) is 7.52. The van der Waals surface area contributed by atoms with E-state index in [1.807, 2.05) is 0 Å². The highest BCUT2D eigenvalue weighted by molar-refractivity contribution is 7.80. The first-order valence-corrected chi connectivity index (χ1v) is 11.7. The van der Waals surface area contributed by atoms with Crippen LogP contribution >= 0.6 is 12.2 Å². The predicted octanol–water partition coefficient (Wildman–Crippen LogP) is 1.75. The van der Waals surface area contributed by atoms with Crippen LogP contribution in [-0.2, 0) is 25.6 Å². The van der Waals surface area contributed by atoms with Crippen molar-refractivity contribution in [3.63, 3.8) is 0 Å². The number of ketones is 1. The van der Waals surface area contributed by atoms with E-state index in [1.165, 1.54) is 17.0 Å². The molecule has 1 heterocycles. The second-order valence-electron chi connectivity index (χ2n) is 7.80. The van der Waals surface area contributed by atoms with Crippen LogP contribution in [0.2, 0.25) is 0 Å². The largest absolute Gasteiger partial charge is 0.504 e. The molecule has 1 aliphatic rings. The molecule has 0 unspecified atom stereocenters. The average molecular weight is 531 g/mol. The quantitative estimate of drug-likeness (QED) is 0.234. The summed E-state index contributed by atoms with van der Waals surface area (Å²) in [6.45, 7) is 2.24. The Morgan fingerprint density at radius 2 is 1.68 bits per heavy atom. The van der Waals surface area contributed by atoms with Crippen LogP contribution in [-0.4, -0.2) is 71.6 Å². The Morgan fingerprint density at radius 1 is 1.03 bits per heavy atom. The summed E-state index contributed by atoms with van der Waals surface area (Å²) >= 11 is 4.98. The number of hydrogen-bond donors (Lipinski definition) is 2. The van der Waals surface area contributed by atoms with Gasteiger partial charge in [0.2, 0.25) is 5.75 Å². The number of nitrogens with two attached hydrogens (primary N) is 1. The number of rotatable bonds is 12. The topological polar surface area (TPSA) is 155 Å². The molecule has 0 aliphatic carbocycles. The zero-order chi connectivity index (χ0) is 27.1. The Labute approximate surface area is 218 Å². The van der Waals surface area contributed by atoms with Gasteiger partial charge in [0.1, 0.15) is 4.99 Å². The molecular formula is C25H26N2O9S. The Kier molecular flexibility index (Phi) is 9.01. The number of ether oxygens (including phenoxy) is 4. The monoisotopic (exact) mass is 530 g/mol. The molecule has 0 spiro atoms. The van der Waals surface area contributed by atoms with Crippen LogP contribution in [0.4, 0.5) is 0 Å². The highest BCUT2D eigenvalue weighted by Gasteiger charge is 2.31. The molecule has 2 aromatic rings. The summed E-state index contributed by atoms with van der Waals surface area (Å²) in [5, 5.41) is 10.8. The van der Waals surface area contributed by atoms with Gasteiger partial charge in [0.25, 0.3) is 5.91 Å². The van der Waals surface area contributed by atoms with Gasteiger partial charge in [-0.15, -0.1) is 0 Å². The van der Waals surface area contributed by atoms with Gasteiger partial charge in [0.05, 0.1) is 25.3 Å². The molecule has 0 saturated carbocycles. The van der Waals surface area contributed by atoms with Crippen molar-refractivity contribution in [3.8, 4) is 17.2 Å². The first-order chi connectivity index (χ1) is 17.7.